The molecule has 0 bridgehead atoms. The summed E-state index contributed by atoms with van der Waals surface area (Å²) in [6, 6.07) is 16.0. The van der Waals surface area contributed by atoms with Gasteiger partial charge in [-0.15, -0.1) is 0 Å². The topological polar surface area (TPSA) is 77.4 Å². The summed E-state index contributed by atoms with van der Waals surface area (Å²) in [5.74, 6) is -0.210. The predicted octanol–water partition coefficient (Wildman–Crippen LogP) is 6.48. The molecule has 1 aliphatic heterocycles. The molecule has 3 aromatic carbocycles. The maximum Gasteiger partial charge on any atom is 0.338 e. The van der Waals surface area contributed by atoms with Crippen LogP contribution in [0, 0.1) is 5.82 Å². The third-order valence-corrected chi connectivity index (χ3v) is 6.79. The van der Waals surface area contributed by atoms with E-state index in [0.29, 0.717) is 50.0 Å². The number of amides is 1. The molecule has 38 heavy (non-hydrogen) atoms. The third kappa shape index (κ3) is 6.35. The molecule has 0 spiro atoms. The van der Waals surface area contributed by atoms with Gasteiger partial charge in [0.15, 0.2) is 16.7 Å². The molecule has 1 aliphatic rings. The lowest BCUT2D eigenvalue weighted by atomic mass is 10.1. The van der Waals surface area contributed by atoms with Crippen LogP contribution in [0.3, 0.4) is 0 Å². The highest BCUT2D eigenvalue weighted by Gasteiger charge is 2.30. The van der Waals surface area contributed by atoms with Crippen molar-refractivity contribution in [2.45, 2.75) is 13.5 Å². The summed E-state index contributed by atoms with van der Waals surface area (Å²) < 4.78 is 29.5. The molecular weight excluding hydrogens is 531 g/mol. The van der Waals surface area contributed by atoms with E-state index in [1.807, 2.05) is 0 Å². The lowest BCUT2D eigenvalue weighted by Crippen LogP contribution is -2.23. The molecule has 1 amide bonds. The normalized spacial score (nSPS) is 15.3. The number of aliphatic imine (C=N–C) groups is 1. The highest BCUT2D eigenvalue weighted by Crippen LogP contribution is 2.39. The fraction of sp³-hybridized carbons (Fsp3) is 0.179. The number of rotatable bonds is 8. The maximum atomic E-state index is 13.2. The molecule has 1 heterocycles. The van der Waals surface area contributed by atoms with E-state index in [-0.39, 0.29) is 18.3 Å². The monoisotopic (exact) mass is 554 g/mol. The Balaban J connectivity index is 1.52. The second kappa shape index (κ2) is 12.1. The van der Waals surface area contributed by atoms with Crippen LogP contribution in [0.5, 0.6) is 11.5 Å². The number of nitrogens with zero attached hydrogens (tertiary/aromatic N) is 2. The molecule has 0 aromatic heterocycles. The van der Waals surface area contributed by atoms with Crippen molar-refractivity contribution >= 4 is 52.2 Å². The summed E-state index contributed by atoms with van der Waals surface area (Å²) in [5.41, 5.74) is 2.43. The molecule has 0 aliphatic carbocycles. The van der Waals surface area contributed by atoms with Gasteiger partial charge in [-0.1, -0.05) is 23.7 Å². The first-order chi connectivity index (χ1) is 18.3. The van der Waals surface area contributed by atoms with Gasteiger partial charge in [0.05, 0.1) is 34.9 Å². The van der Waals surface area contributed by atoms with Gasteiger partial charge in [0.25, 0.3) is 5.91 Å². The molecule has 0 radical (unpaired) electrons. The van der Waals surface area contributed by atoms with E-state index in [2.05, 4.69) is 4.99 Å². The summed E-state index contributed by atoms with van der Waals surface area (Å²) in [6.45, 7) is 2.22. The molecule has 10 heteroatoms. The standard InChI is InChI=1S/C28H24ClFN2O5S/c1-4-36-27(34)19-7-11-21(12-8-19)31-28-32(2)26(33)24(38-28)15-18-13-22(29)25(23(14-18)35-3)37-16-17-5-9-20(30)10-6-17/h5-15H,4,16H2,1-3H3/b24-15-,31-28?. The molecule has 7 nitrogen and oxygen atoms in total. The third-order valence-electron chi connectivity index (χ3n) is 5.45. The molecule has 1 saturated heterocycles. The summed E-state index contributed by atoms with van der Waals surface area (Å²) in [6.07, 6.45) is 1.70. The van der Waals surface area contributed by atoms with Crippen LogP contribution < -0.4 is 9.47 Å². The summed E-state index contributed by atoms with van der Waals surface area (Å²) in [5, 5.41) is 0.792. The lowest BCUT2D eigenvalue weighted by molar-refractivity contribution is -0.121. The Bertz CT molecular complexity index is 1410. The minimum Gasteiger partial charge on any atom is -0.493 e. The summed E-state index contributed by atoms with van der Waals surface area (Å²) in [4.78, 5) is 31.2. The van der Waals surface area contributed by atoms with Gasteiger partial charge in [0.2, 0.25) is 0 Å². The van der Waals surface area contributed by atoms with Crippen molar-refractivity contribution in [3.8, 4) is 11.5 Å². The highest BCUT2D eigenvalue weighted by atomic mass is 35.5. The Morgan fingerprint density at radius 2 is 1.84 bits per heavy atom. The van der Waals surface area contributed by atoms with Gasteiger partial charge in [-0.25, -0.2) is 14.2 Å². The smallest absolute Gasteiger partial charge is 0.338 e. The van der Waals surface area contributed by atoms with Crippen molar-refractivity contribution < 1.29 is 28.2 Å². The highest BCUT2D eigenvalue weighted by molar-refractivity contribution is 8.18. The number of carbonyl (C=O) groups excluding carboxylic acids is 2. The van der Waals surface area contributed by atoms with E-state index in [4.69, 9.17) is 25.8 Å². The van der Waals surface area contributed by atoms with Crippen molar-refractivity contribution in [3.05, 3.63) is 93.1 Å². The van der Waals surface area contributed by atoms with Gasteiger partial charge in [-0.2, -0.15) is 0 Å². The fourth-order valence-electron chi connectivity index (χ4n) is 3.50. The van der Waals surface area contributed by atoms with E-state index in [1.165, 1.54) is 35.9 Å². The van der Waals surface area contributed by atoms with Crippen LogP contribution in [0.15, 0.2) is 70.6 Å². The molecule has 0 N–H and O–H groups in total. The number of esters is 1. The number of hydrogen-bond acceptors (Lipinski definition) is 7. The minimum atomic E-state index is -0.402. The van der Waals surface area contributed by atoms with E-state index in [0.717, 1.165) is 5.56 Å². The van der Waals surface area contributed by atoms with Crippen LogP contribution in [0.2, 0.25) is 5.02 Å². The SMILES string of the molecule is CCOC(=O)c1ccc(N=C2S/C(=C\c3cc(Cl)c(OCc4ccc(F)cc4)c(OC)c3)C(=O)N2C)cc1. The maximum absolute atomic E-state index is 13.2. The zero-order valence-electron chi connectivity index (χ0n) is 20.9. The van der Waals surface area contributed by atoms with Gasteiger partial charge in [0, 0.05) is 7.05 Å². The van der Waals surface area contributed by atoms with Crippen molar-refractivity contribution in [1.82, 2.24) is 4.90 Å². The molecule has 0 unspecified atom stereocenters. The van der Waals surface area contributed by atoms with Crippen molar-refractivity contribution in [1.29, 1.82) is 0 Å². The summed E-state index contributed by atoms with van der Waals surface area (Å²) >= 11 is 7.71. The fourth-order valence-corrected chi connectivity index (χ4v) is 4.76. The predicted molar refractivity (Wildman–Crippen MR) is 147 cm³/mol. The van der Waals surface area contributed by atoms with Crippen molar-refractivity contribution in [2.24, 2.45) is 4.99 Å². The lowest BCUT2D eigenvalue weighted by Gasteiger charge is -2.13. The molecule has 3 aromatic rings. The number of thioether (sulfide) groups is 1. The van der Waals surface area contributed by atoms with Crippen LogP contribution in [0.1, 0.15) is 28.4 Å². The van der Waals surface area contributed by atoms with Crippen LogP contribution in [0.4, 0.5) is 10.1 Å². The Hall–Kier alpha value is -3.82. The zero-order chi connectivity index (χ0) is 27.2. The second-order valence-corrected chi connectivity index (χ2v) is 9.50. The zero-order valence-corrected chi connectivity index (χ0v) is 22.4. The number of amidine groups is 1. The van der Waals surface area contributed by atoms with Crippen molar-refractivity contribution in [3.63, 3.8) is 0 Å². The molecule has 0 saturated carbocycles. The van der Waals surface area contributed by atoms with Gasteiger partial charge in [-0.3, -0.25) is 9.69 Å². The van der Waals surface area contributed by atoms with Gasteiger partial charge in [-0.05, 0) is 84.4 Å². The van der Waals surface area contributed by atoms with Gasteiger partial charge < -0.3 is 14.2 Å². The van der Waals surface area contributed by atoms with E-state index < -0.39 is 5.97 Å². The molecule has 4 rings (SSSR count). The minimum absolute atomic E-state index is 0.177. The largest absolute Gasteiger partial charge is 0.493 e. The molecular formula is C28H24ClFN2O5S. The number of likely N-dealkylation sites (N-methyl/N-ethyl adjacent to an activating group) is 1. The molecule has 1 fully saturated rings. The molecule has 0 atom stereocenters. The number of methoxy groups -OCH3 is 1. The van der Waals surface area contributed by atoms with Gasteiger partial charge >= 0.3 is 5.97 Å². The number of ether oxygens (including phenoxy) is 3. The number of carbonyl (C=O) groups is 2. The van der Waals surface area contributed by atoms with E-state index in [1.54, 1.807) is 68.6 Å². The first kappa shape index (κ1) is 27.2. The summed E-state index contributed by atoms with van der Waals surface area (Å²) in [7, 11) is 3.14. The first-order valence-corrected chi connectivity index (χ1v) is 12.8. The Morgan fingerprint density at radius 3 is 2.50 bits per heavy atom. The number of halogens is 2. The Morgan fingerprint density at radius 1 is 1.13 bits per heavy atom. The van der Waals surface area contributed by atoms with Crippen LogP contribution in [-0.2, 0) is 16.1 Å². The van der Waals surface area contributed by atoms with Crippen LogP contribution in [-0.4, -0.2) is 42.7 Å². The van der Waals surface area contributed by atoms with Crippen molar-refractivity contribution in [2.75, 3.05) is 20.8 Å². The van der Waals surface area contributed by atoms with E-state index in [9.17, 15) is 14.0 Å². The number of benzene rings is 3. The van der Waals surface area contributed by atoms with Gasteiger partial charge in [0.1, 0.15) is 12.4 Å². The first-order valence-electron chi connectivity index (χ1n) is 11.6. The van der Waals surface area contributed by atoms with Crippen LogP contribution >= 0.6 is 23.4 Å². The molecule has 196 valence electrons. The average Bonchev–Trinajstić information content (AvgIpc) is 3.16. The average molecular weight is 555 g/mol. The van der Waals surface area contributed by atoms with E-state index >= 15 is 0 Å². The Kier molecular flexibility index (Phi) is 8.70. The Labute approximate surface area is 228 Å². The quantitative estimate of drug-likeness (QED) is 0.234. The number of hydrogen-bond donors (Lipinski definition) is 0. The second-order valence-electron chi connectivity index (χ2n) is 8.09. The van der Waals surface area contributed by atoms with Crippen LogP contribution in [0.25, 0.3) is 6.08 Å².